The molecule has 3 rings (SSSR count). The standard InChI is InChI=1S/C18H21N3O3.2ClH/c1-23-14-5-7-15(8-6-14)24-16-9-4-13(12-20-16)21-17(22)18(19)10-2-3-11-18;;/h4-9,12H,2-3,10-11,19H2,1H3,(H,21,22);2*1H. The molecule has 1 heterocycles. The second-order valence-electron chi connectivity index (χ2n) is 5.98. The van der Waals surface area contributed by atoms with Crippen LogP contribution in [0.3, 0.4) is 0 Å². The average molecular weight is 400 g/mol. The lowest BCUT2D eigenvalue weighted by Gasteiger charge is -2.22. The Bertz CT molecular complexity index is 703. The van der Waals surface area contributed by atoms with Crippen LogP contribution in [0.15, 0.2) is 42.6 Å². The molecule has 1 aliphatic carbocycles. The van der Waals surface area contributed by atoms with Crippen LogP contribution in [-0.4, -0.2) is 23.5 Å². The van der Waals surface area contributed by atoms with Crippen LogP contribution >= 0.6 is 24.8 Å². The fourth-order valence-corrected chi connectivity index (χ4v) is 2.77. The van der Waals surface area contributed by atoms with Crippen LogP contribution in [0.25, 0.3) is 0 Å². The number of anilines is 1. The third-order valence-electron chi connectivity index (χ3n) is 4.22. The van der Waals surface area contributed by atoms with Crippen molar-refractivity contribution in [2.75, 3.05) is 12.4 Å². The molecule has 2 aromatic rings. The molecule has 1 aromatic heterocycles. The number of nitrogens with zero attached hydrogens (tertiary/aromatic N) is 1. The predicted molar refractivity (Wildman–Crippen MR) is 106 cm³/mol. The molecule has 1 fully saturated rings. The van der Waals surface area contributed by atoms with Gasteiger partial charge in [0.15, 0.2) is 0 Å². The molecule has 0 atom stereocenters. The summed E-state index contributed by atoms with van der Waals surface area (Å²) >= 11 is 0. The van der Waals surface area contributed by atoms with Gasteiger partial charge in [0, 0.05) is 6.07 Å². The largest absolute Gasteiger partial charge is 0.497 e. The van der Waals surface area contributed by atoms with Crippen molar-refractivity contribution < 1.29 is 14.3 Å². The molecule has 0 bridgehead atoms. The number of carbonyl (C=O) groups excluding carboxylic acids is 1. The molecule has 1 aromatic carbocycles. The van der Waals surface area contributed by atoms with Crippen molar-refractivity contribution in [2.24, 2.45) is 5.73 Å². The Kier molecular flexibility index (Phi) is 8.14. The van der Waals surface area contributed by atoms with Gasteiger partial charge in [-0.15, -0.1) is 24.8 Å². The van der Waals surface area contributed by atoms with Crippen LogP contribution < -0.4 is 20.5 Å². The van der Waals surface area contributed by atoms with Crippen molar-refractivity contribution >= 4 is 36.4 Å². The minimum atomic E-state index is -0.752. The molecule has 1 amide bonds. The van der Waals surface area contributed by atoms with E-state index >= 15 is 0 Å². The average Bonchev–Trinajstić information content (AvgIpc) is 3.05. The number of pyridine rings is 1. The number of halogens is 2. The summed E-state index contributed by atoms with van der Waals surface area (Å²) in [7, 11) is 1.61. The molecular weight excluding hydrogens is 377 g/mol. The van der Waals surface area contributed by atoms with E-state index in [2.05, 4.69) is 10.3 Å². The van der Waals surface area contributed by atoms with E-state index in [1.165, 1.54) is 0 Å². The molecule has 1 aliphatic rings. The van der Waals surface area contributed by atoms with E-state index in [9.17, 15) is 4.79 Å². The highest BCUT2D eigenvalue weighted by atomic mass is 35.5. The van der Waals surface area contributed by atoms with Crippen molar-refractivity contribution in [3.05, 3.63) is 42.6 Å². The Hall–Kier alpha value is -2.02. The minimum Gasteiger partial charge on any atom is -0.497 e. The van der Waals surface area contributed by atoms with Crippen molar-refractivity contribution in [1.82, 2.24) is 4.98 Å². The number of carbonyl (C=O) groups is 1. The van der Waals surface area contributed by atoms with Crippen molar-refractivity contribution in [2.45, 2.75) is 31.2 Å². The molecule has 26 heavy (non-hydrogen) atoms. The maximum atomic E-state index is 12.3. The first-order valence-corrected chi connectivity index (χ1v) is 7.97. The van der Waals surface area contributed by atoms with Crippen molar-refractivity contribution in [1.29, 1.82) is 0 Å². The van der Waals surface area contributed by atoms with Crippen LogP contribution in [0.2, 0.25) is 0 Å². The molecule has 3 N–H and O–H groups in total. The van der Waals surface area contributed by atoms with Crippen LogP contribution in [0.4, 0.5) is 5.69 Å². The van der Waals surface area contributed by atoms with Gasteiger partial charge in [-0.2, -0.15) is 0 Å². The van der Waals surface area contributed by atoms with E-state index in [0.717, 1.165) is 31.4 Å². The van der Waals surface area contributed by atoms with Gasteiger partial charge in [-0.25, -0.2) is 4.98 Å². The molecule has 0 spiro atoms. The number of amides is 1. The minimum absolute atomic E-state index is 0. The zero-order chi connectivity index (χ0) is 17.0. The molecule has 6 nitrogen and oxygen atoms in total. The molecule has 1 saturated carbocycles. The molecule has 8 heteroatoms. The molecule has 0 saturated heterocycles. The summed E-state index contributed by atoms with van der Waals surface area (Å²) in [5.74, 6) is 1.72. The topological polar surface area (TPSA) is 86.5 Å². The van der Waals surface area contributed by atoms with Gasteiger partial charge in [0.2, 0.25) is 11.8 Å². The summed E-state index contributed by atoms with van der Waals surface area (Å²) in [6, 6.07) is 10.7. The van der Waals surface area contributed by atoms with Gasteiger partial charge >= 0.3 is 0 Å². The van der Waals surface area contributed by atoms with Gasteiger partial charge in [-0.05, 0) is 43.2 Å². The summed E-state index contributed by atoms with van der Waals surface area (Å²) < 4.78 is 10.8. The molecule has 0 unspecified atom stereocenters. The third kappa shape index (κ3) is 5.24. The number of aromatic nitrogens is 1. The van der Waals surface area contributed by atoms with Gasteiger partial charge in [0.25, 0.3) is 0 Å². The van der Waals surface area contributed by atoms with E-state index < -0.39 is 5.54 Å². The Morgan fingerprint density at radius 3 is 2.23 bits per heavy atom. The van der Waals surface area contributed by atoms with E-state index in [4.69, 9.17) is 15.2 Å². The van der Waals surface area contributed by atoms with Gasteiger partial charge in [0.1, 0.15) is 11.5 Å². The van der Waals surface area contributed by atoms with Gasteiger partial charge < -0.3 is 20.5 Å². The Balaban J connectivity index is 0.00000169. The van der Waals surface area contributed by atoms with Crippen molar-refractivity contribution in [3.63, 3.8) is 0 Å². The fraction of sp³-hybridized carbons (Fsp3) is 0.333. The van der Waals surface area contributed by atoms with E-state index in [1.807, 2.05) is 12.1 Å². The molecular formula is C18H23Cl2N3O3. The third-order valence-corrected chi connectivity index (χ3v) is 4.22. The highest BCUT2D eigenvalue weighted by Crippen LogP contribution is 2.29. The number of benzene rings is 1. The SMILES string of the molecule is COc1ccc(Oc2ccc(NC(=O)C3(N)CCCC3)cn2)cc1.Cl.Cl. The molecule has 142 valence electrons. The number of ether oxygens (including phenoxy) is 2. The van der Waals surface area contributed by atoms with E-state index in [-0.39, 0.29) is 30.7 Å². The second kappa shape index (κ2) is 9.62. The van der Waals surface area contributed by atoms with Gasteiger partial charge in [0.05, 0.1) is 24.5 Å². The number of hydrogen-bond acceptors (Lipinski definition) is 5. The lowest BCUT2D eigenvalue weighted by atomic mass is 9.98. The maximum Gasteiger partial charge on any atom is 0.244 e. The first kappa shape index (κ1) is 22.0. The number of nitrogens with one attached hydrogen (secondary N) is 1. The number of hydrogen-bond donors (Lipinski definition) is 2. The summed E-state index contributed by atoms with van der Waals surface area (Å²) in [4.78, 5) is 16.5. The van der Waals surface area contributed by atoms with E-state index in [0.29, 0.717) is 17.3 Å². The fourth-order valence-electron chi connectivity index (χ4n) is 2.77. The quantitative estimate of drug-likeness (QED) is 0.794. The highest BCUT2D eigenvalue weighted by Gasteiger charge is 2.36. The summed E-state index contributed by atoms with van der Waals surface area (Å²) in [6.45, 7) is 0. The lowest BCUT2D eigenvalue weighted by molar-refractivity contribution is -0.121. The van der Waals surface area contributed by atoms with Crippen LogP contribution in [0, 0.1) is 0 Å². The maximum absolute atomic E-state index is 12.3. The summed E-state index contributed by atoms with van der Waals surface area (Å²) in [6.07, 6.45) is 5.01. The van der Waals surface area contributed by atoms with Gasteiger partial charge in [-0.1, -0.05) is 12.8 Å². The zero-order valence-corrected chi connectivity index (χ0v) is 16.1. The monoisotopic (exact) mass is 399 g/mol. The van der Waals surface area contributed by atoms with E-state index in [1.54, 1.807) is 37.6 Å². The smallest absolute Gasteiger partial charge is 0.244 e. The number of methoxy groups -OCH3 is 1. The van der Waals surface area contributed by atoms with Crippen LogP contribution in [0.5, 0.6) is 17.4 Å². The number of rotatable bonds is 5. The zero-order valence-electron chi connectivity index (χ0n) is 14.4. The lowest BCUT2D eigenvalue weighted by Crippen LogP contribution is -2.48. The molecule has 0 aliphatic heterocycles. The van der Waals surface area contributed by atoms with Gasteiger partial charge in [-0.3, -0.25) is 4.79 Å². The highest BCUT2D eigenvalue weighted by molar-refractivity contribution is 5.98. The van der Waals surface area contributed by atoms with Crippen LogP contribution in [-0.2, 0) is 4.79 Å². The second-order valence-corrected chi connectivity index (χ2v) is 5.98. The number of nitrogens with two attached hydrogens (primary N) is 1. The normalized spacial score (nSPS) is 14.5. The van der Waals surface area contributed by atoms with Crippen molar-refractivity contribution in [3.8, 4) is 17.4 Å². The Morgan fingerprint density at radius 1 is 1.08 bits per heavy atom. The Morgan fingerprint density at radius 2 is 1.69 bits per heavy atom. The first-order chi connectivity index (χ1) is 11.6. The first-order valence-electron chi connectivity index (χ1n) is 7.97. The summed E-state index contributed by atoms with van der Waals surface area (Å²) in [5, 5.41) is 2.83. The predicted octanol–water partition coefficient (Wildman–Crippen LogP) is 3.94. The summed E-state index contributed by atoms with van der Waals surface area (Å²) in [5.41, 5.74) is 6.00. The van der Waals surface area contributed by atoms with Crippen LogP contribution in [0.1, 0.15) is 25.7 Å². The molecule has 0 radical (unpaired) electrons. The Labute approximate surface area is 165 Å².